The van der Waals surface area contributed by atoms with Crippen molar-refractivity contribution in [3.05, 3.63) is 101 Å². The molecule has 8 nitrogen and oxygen atoms in total. The standard InChI is InChI=1S/C27H22N2O6/c1-33-18-11-9-16(10-12-18)15-29-23(19-7-3-4-13-28-19)22(25(31)27(29)32)24(30)21-14-17-6-5-8-20(34-2)26(17)35-21/h3-14,23,31H,15H2,1-2H3. The molecule has 1 atom stereocenters. The molecule has 0 fully saturated rings. The molecule has 1 N–H and O–H groups in total. The molecule has 0 saturated carbocycles. The minimum atomic E-state index is -0.895. The van der Waals surface area contributed by atoms with Crippen LogP contribution in [0, 0.1) is 0 Å². The number of aliphatic hydroxyl groups excluding tert-OH is 1. The molecule has 2 aromatic carbocycles. The zero-order valence-corrected chi connectivity index (χ0v) is 19.1. The van der Waals surface area contributed by atoms with E-state index in [1.165, 1.54) is 12.0 Å². The molecule has 5 rings (SSSR count). The third-order valence-corrected chi connectivity index (χ3v) is 5.98. The molecule has 0 aliphatic carbocycles. The molecule has 2 aromatic heterocycles. The molecule has 4 aromatic rings. The number of benzene rings is 2. The van der Waals surface area contributed by atoms with Crippen molar-refractivity contribution in [3.63, 3.8) is 0 Å². The van der Waals surface area contributed by atoms with E-state index in [0.29, 0.717) is 28.2 Å². The number of aromatic nitrogens is 1. The molecule has 0 saturated heterocycles. The second kappa shape index (κ2) is 8.98. The van der Waals surface area contributed by atoms with E-state index in [9.17, 15) is 14.7 Å². The van der Waals surface area contributed by atoms with Crippen LogP contribution in [-0.4, -0.2) is 40.9 Å². The average Bonchev–Trinajstić information content (AvgIpc) is 3.44. The number of nitrogens with zero attached hydrogens (tertiary/aromatic N) is 2. The van der Waals surface area contributed by atoms with Gasteiger partial charge in [-0.1, -0.05) is 30.3 Å². The summed E-state index contributed by atoms with van der Waals surface area (Å²) in [5, 5.41) is 11.5. The van der Waals surface area contributed by atoms with E-state index in [1.54, 1.807) is 67.9 Å². The van der Waals surface area contributed by atoms with E-state index in [2.05, 4.69) is 4.98 Å². The van der Waals surface area contributed by atoms with E-state index in [4.69, 9.17) is 13.9 Å². The quantitative estimate of drug-likeness (QED) is 0.393. The second-order valence-electron chi connectivity index (χ2n) is 8.02. The molecular weight excluding hydrogens is 448 g/mol. The van der Waals surface area contributed by atoms with Crippen molar-refractivity contribution in [1.29, 1.82) is 0 Å². The number of carbonyl (C=O) groups excluding carboxylic acids is 2. The van der Waals surface area contributed by atoms with Crippen LogP contribution < -0.4 is 9.47 Å². The molecule has 1 amide bonds. The molecule has 0 spiro atoms. The van der Waals surface area contributed by atoms with E-state index < -0.39 is 23.5 Å². The number of ether oxygens (including phenoxy) is 2. The van der Waals surface area contributed by atoms with Crippen LogP contribution in [-0.2, 0) is 11.3 Å². The Kier molecular flexibility index (Phi) is 5.70. The zero-order valence-electron chi connectivity index (χ0n) is 19.1. The van der Waals surface area contributed by atoms with Crippen LogP contribution in [0.2, 0.25) is 0 Å². The maximum atomic E-state index is 13.7. The molecule has 1 aliphatic rings. The van der Waals surface area contributed by atoms with Crippen LogP contribution in [0.4, 0.5) is 0 Å². The maximum absolute atomic E-state index is 13.7. The van der Waals surface area contributed by atoms with Gasteiger partial charge in [-0.15, -0.1) is 0 Å². The Morgan fingerprint density at radius 3 is 2.54 bits per heavy atom. The number of Topliss-reactive ketones (excluding diaryl/α,β-unsaturated/α-hetero) is 1. The lowest BCUT2D eigenvalue weighted by molar-refractivity contribution is -0.130. The second-order valence-corrected chi connectivity index (χ2v) is 8.02. The monoisotopic (exact) mass is 470 g/mol. The predicted octanol–water partition coefficient (Wildman–Crippen LogP) is 4.62. The number of ketones is 1. The Bertz CT molecular complexity index is 1440. The number of amides is 1. The van der Waals surface area contributed by atoms with E-state index in [0.717, 1.165) is 5.56 Å². The van der Waals surface area contributed by atoms with Gasteiger partial charge in [0.2, 0.25) is 5.78 Å². The van der Waals surface area contributed by atoms with Crippen molar-refractivity contribution >= 4 is 22.7 Å². The van der Waals surface area contributed by atoms with Gasteiger partial charge in [0.1, 0.15) is 11.8 Å². The number of pyridine rings is 1. The van der Waals surface area contributed by atoms with Crippen molar-refractivity contribution in [1.82, 2.24) is 9.88 Å². The highest BCUT2D eigenvalue weighted by Gasteiger charge is 2.45. The molecule has 3 heterocycles. The Balaban J connectivity index is 1.57. The first-order chi connectivity index (χ1) is 17.0. The van der Waals surface area contributed by atoms with Crippen LogP contribution in [0.3, 0.4) is 0 Å². The van der Waals surface area contributed by atoms with E-state index in [-0.39, 0.29) is 17.9 Å². The molecule has 1 unspecified atom stereocenters. The SMILES string of the molecule is COc1ccc(CN2C(=O)C(O)=C(C(=O)c3cc4cccc(OC)c4o3)C2c2ccccn2)cc1. The highest BCUT2D eigenvalue weighted by atomic mass is 16.5. The van der Waals surface area contributed by atoms with Crippen LogP contribution in [0.5, 0.6) is 11.5 Å². The lowest BCUT2D eigenvalue weighted by Crippen LogP contribution is -2.31. The highest BCUT2D eigenvalue weighted by molar-refractivity contribution is 6.16. The van der Waals surface area contributed by atoms with Gasteiger partial charge < -0.3 is 23.9 Å². The van der Waals surface area contributed by atoms with Crippen molar-refractivity contribution in [2.75, 3.05) is 14.2 Å². The Morgan fingerprint density at radius 1 is 1.06 bits per heavy atom. The molecule has 1 aliphatic heterocycles. The Labute approximate surface area is 201 Å². The van der Waals surface area contributed by atoms with Gasteiger partial charge in [-0.05, 0) is 42.0 Å². The molecule has 8 heteroatoms. The van der Waals surface area contributed by atoms with Gasteiger partial charge in [0.05, 0.1) is 25.5 Å². The van der Waals surface area contributed by atoms with Gasteiger partial charge in [-0.2, -0.15) is 0 Å². The smallest absolute Gasteiger partial charge is 0.290 e. The number of para-hydroxylation sites is 1. The van der Waals surface area contributed by atoms with Crippen molar-refractivity contribution in [3.8, 4) is 11.5 Å². The van der Waals surface area contributed by atoms with Gasteiger partial charge in [-0.25, -0.2) is 0 Å². The van der Waals surface area contributed by atoms with Gasteiger partial charge in [-0.3, -0.25) is 14.6 Å². The minimum Gasteiger partial charge on any atom is -0.503 e. The lowest BCUT2D eigenvalue weighted by atomic mass is 9.98. The van der Waals surface area contributed by atoms with Gasteiger partial charge in [0.15, 0.2) is 22.9 Å². The minimum absolute atomic E-state index is 0.00826. The van der Waals surface area contributed by atoms with Crippen LogP contribution in [0.1, 0.15) is 27.9 Å². The van der Waals surface area contributed by atoms with Crippen molar-refractivity contribution in [2.45, 2.75) is 12.6 Å². The Morgan fingerprint density at radius 2 is 1.86 bits per heavy atom. The number of rotatable bonds is 7. The number of methoxy groups -OCH3 is 2. The zero-order chi connectivity index (χ0) is 24.5. The number of carbonyl (C=O) groups is 2. The predicted molar refractivity (Wildman–Crippen MR) is 127 cm³/mol. The third-order valence-electron chi connectivity index (χ3n) is 5.98. The fourth-order valence-electron chi connectivity index (χ4n) is 4.26. The summed E-state index contributed by atoms with van der Waals surface area (Å²) in [6, 6.07) is 18.4. The first kappa shape index (κ1) is 22.2. The number of furan rings is 1. The maximum Gasteiger partial charge on any atom is 0.290 e. The normalized spacial score (nSPS) is 15.7. The number of hydrogen-bond donors (Lipinski definition) is 1. The molecular formula is C27H22N2O6. The first-order valence-electron chi connectivity index (χ1n) is 10.9. The summed E-state index contributed by atoms with van der Waals surface area (Å²) in [4.78, 5) is 32.7. The summed E-state index contributed by atoms with van der Waals surface area (Å²) in [6.07, 6.45) is 1.58. The van der Waals surface area contributed by atoms with E-state index >= 15 is 0 Å². The summed E-state index contributed by atoms with van der Waals surface area (Å²) < 4.78 is 16.4. The average molecular weight is 470 g/mol. The van der Waals surface area contributed by atoms with E-state index in [1.807, 2.05) is 12.1 Å². The summed E-state index contributed by atoms with van der Waals surface area (Å²) >= 11 is 0. The first-order valence-corrected chi connectivity index (χ1v) is 10.9. The van der Waals surface area contributed by atoms with Crippen LogP contribution in [0.15, 0.2) is 88.7 Å². The van der Waals surface area contributed by atoms with Gasteiger partial charge in [0, 0.05) is 18.1 Å². The third kappa shape index (κ3) is 3.89. The Hall–Kier alpha value is -4.59. The summed E-state index contributed by atoms with van der Waals surface area (Å²) in [5.41, 5.74) is 1.58. The number of aliphatic hydroxyl groups is 1. The number of fused-ring (bicyclic) bond motifs is 1. The molecule has 176 valence electrons. The summed E-state index contributed by atoms with van der Waals surface area (Å²) in [6.45, 7) is 0.152. The largest absolute Gasteiger partial charge is 0.503 e. The van der Waals surface area contributed by atoms with Gasteiger partial charge in [0.25, 0.3) is 5.91 Å². The highest BCUT2D eigenvalue weighted by Crippen LogP contribution is 2.40. The molecule has 0 bridgehead atoms. The molecule has 35 heavy (non-hydrogen) atoms. The molecule has 0 radical (unpaired) electrons. The topological polar surface area (TPSA) is 102 Å². The fraction of sp³-hybridized carbons (Fsp3) is 0.148. The number of hydrogen-bond acceptors (Lipinski definition) is 7. The van der Waals surface area contributed by atoms with Crippen molar-refractivity contribution < 1.29 is 28.6 Å². The van der Waals surface area contributed by atoms with Crippen LogP contribution in [0.25, 0.3) is 11.0 Å². The van der Waals surface area contributed by atoms with Crippen LogP contribution >= 0.6 is 0 Å². The fourth-order valence-corrected chi connectivity index (χ4v) is 4.26. The van der Waals surface area contributed by atoms with Gasteiger partial charge >= 0.3 is 0 Å². The summed E-state index contributed by atoms with van der Waals surface area (Å²) in [5.74, 6) is -0.724. The summed E-state index contributed by atoms with van der Waals surface area (Å²) in [7, 11) is 3.08. The van der Waals surface area contributed by atoms with Crippen molar-refractivity contribution in [2.24, 2.45) is 0 Å². The lowest BCUT2D eigenvalue weighted by Gasteiger charge is -2.26.